The standard InChI is InChI=1S/C43H47Cl2N9O4/c1-28-33(6-3-7-36(28)37-8-4-9-39(42(37)45)56-17-5-13-53-15-11-35(12-16-53)48-29(2)55)27-58-41-20-40(57-26-31-18-30(21-46)22-47-23-31)34(19-38(41)44)25-54-14-10-32(24-54)43-49-51-52-50-43/h3-4,6-9,18-20,22-23,32,35H,5,10-17,24-27H2,1-2H3,(H,48,55)(H,49,50,51,52). The van der Waals surface area contributed by atoms with Gasteiger partial charge < -0.3 is 24.4 Å². The average Bonchev–Trinajstić information content (AvgIpc) is 3.94. The summed E-state index contributed by atoms with van der Waals surface area (Å²) in [6.07, 6.45) is 6.96. The van der Waals surface area contributed by atoms with Crippen molar-refractivity contribution in [3.8, 4) is 34.4 Å². The summed E-state index contributed by atoms with van der Waals surface area (Å²) in [5, 5.41) is 28.0. The molecule has 3 aromatic carbocycles. The van der Waals surface area contributed by atoms with Crippen LogP contribution in [0, 0.1) is 18.3 Å². The second-order valence-corrected chi connectivity index (χ2v) is 15.7. The molecule has 7 rings (SSSR count). The van der Waals surface area contributed by atoms with Crippen LogP contribution >= 0.6 is 23.2 Å². The number of likely N-dealkylation sites (tertiary alicyclic amines) is 2. The van der Waals surface area contributed by atoms with E-state index in [9.17, 15) is 10.1 Å². The summed E-state index contributed by atoms with van der Waals surface area (Å²) in [7, 11) is 0. The first-order chi connectivity index (χ1) is 28.2. The number of H-pyrrole nitrogens is 1. The summed E-state index contributed by atoms with van der Waals surface area (Å²) in [5.41, 5.74) is 6.04. The van der Waals surface area contributed by atoms with E-state index in [2.05, 4.69) is 59.8 Å². The van der Waals surface area contributed by atoms with Gasteiger partial charge in [-0.05, 0) is 84.5 Å². The number of carbonyl (C=O) groups is 1. The van der Waals surface area contributed by atoms with Crippen molar-refractivity contribution in [2.24, 2.45) is 0 Å². The monoisotopic (exact) mass is 823 g/mol. The summed E-state index contributed by atoms with van der Waals surface area (Å²) in [5.74, 6) is 2.81. The van der Waals surface area contributed by atoms with E-state index in [1.165, 1.54) is 6.20 Å². The minimum absolute atomic E-state index is 0.0369. The lowest BCUT2D eigenvalue weighted by atomic mass is 9.96. The lowest BCUT2D eigenvalue weighted by molar-refractivity contribution is -0.119. The van der Waals surface area contributed by atoms with Gasteiger partial charge in [0.25, 0.3) is 0 Å². The summed E-state index contributed by atoms with van der Waals surface area (Å²) >= 11 is 13.9. The lowest BCUT2D eigenvalue weighted by Gasteiger charge is -2.32. The van der Waals surface area contributed by atoms with Crippen molar-refractivity contribution in [1.29, 1.82) is 5.26 Å². The van der Waals surface area contributed by atoms with E-state index in [0.717, 1.165) is 97.6 Å². The van der Waals surface area contributed by atoms with E-state index in [4.69, 9.17) is 37.4 Å². The Kier molecular flexibility index (Phi) is 13.7. The Labute approximate surface area is 348 Å². The Morgan fingerprint density at radius 2 is 1.72 bits per heavy atom. The number of piperidine rings is 1. The third-order valence-electron chi connectivity index (χ3n) is 10.8. The molecule has 1 atom stereocenters. The van der Waals surface area contributed by atoms with Gasteiger partial charge >= 0.3 is 0 Å². The minimum atomic E-state index is 0.0369. The van der Waals surface area contributed by atoms with Gasteiger partial charge in [-0.2, -0.15) is 5.26 Å². The molecule has 0 spiro atoms. The van der Waals surface area contributed by atoms with Crippen LogP contribution in [0.25, 0.3) is 11.1 Å². The van der Waals surface area contributed by atoms with Crippen LogP contribution in [0.1, 0.15) is 72.2 Å². The number of pyridine rings is 1. The van der Waals surface area contributed by atoms with Gasteiger partial charge in [0.1, 0.15) is 36.5 Å². The minimum Gasteiger partial charge on any atom is -0.492 e. The van der Waals surface area contributed by atoms with Crippen LogP contribution in [0.3, 0.4) is 0 Å². The fraction of sp³-hybridized carbons (Fsp3) is 0.395. The van der Waals surface area contributed by atoms with E-state index in [1.54, 1.807) is 19.2 Å². The first kappa shape index (κ1) is 40.9. The van der Waals surface area contributed by atoms with Gasteiger partial charge in [-0.3, -0.25) is 14.7 Å². The van der Waals surface area contributed by atoms with Gasteiger partial charge in [-0.25, -0.2) is 5.10 Å². The third-order valence-corrected chi connectivity index (χ3v) is 11.5. The van der Waals surface area contributed by atoms with Crippen LogP contribution in [0.2, 0.25) is 10.0 Å². The Balaban J connectivity index is 1.01. The molecule has 58 heavy (non-hydrogen) atoms. The van der Waals surface area contributed by atoms with Crippen LogP contribution in [-0.2, 0) is 24.6 Å². The Bertz CT molecular complexity index is 2220. The van der Waals surface area contributed by atoms with Crippen molar-refractivity contribution in [3.05, 3.63) is 111 Å². The highest BCUT2D eigenvalue weighted by Crippen LogP contribution is 2.39. The molecular weight excluding hydrogens is 777 g/mol. The highest BCUT2D eigenvalue weighted by atomic mass is 35.5. The smallest absolute Gasteiger partial charge is 0.217 e. The number of nitriles is 1. The average molecular weight is 825 g/mol. The number of nitrogens with one attached hydrogen (secondary N) is 2. The first-order valence-corrected chi connectivity index (χ1v) is 20.4. The molecule has 0 aliphatic carbocycles. The molecule has 2 aromatic heterocycles. The fourth-order valence-corrected chi connectivity index (χ4v) is 8.21. The highest BCUT2D eigenvalue weighted by molar-refractivity contribution is 6.35. The van der Waals surface area contributed by atoms with E-state index < -0.39 is 0 Å². The maximum absolute atomic E-state index is 11.4. The summed E-state index contributed by atoms with van der Waals surface area (Å²) < 4.78 is 19.0. The quantitative estimate of drug-likeness (QED) is 0.0967. The Hall–Kier alpha value is -5.26. The van der Waals surface area contributed by atoms with E-state index in [0.29, 0.717) is 46.0 Å². The number of carbonyl (C=O) groups excluding carboxylic acids is 1. The number of hydrogen-bond acceptors (Lipinski definition) is 11. The van der Waals surface area contributed by atoms with Crippen LogP contribution < -0.4 is 19.5 Å². The normalized spacial score (nSPS) is 16.2. The van der Waals surface area contributed by atoms with Crippen molar-refractivity contribution in [2.45, 2.75) is 71.2 Å². The number of rotatable bonds is 16. The van der Waals surface area contributed by atoms with Gasteiger partial charge in [-0.15, -0.1) is 5.10 Å². The van der Waals surface area contributed by atoms with Crippen LogP contribution in [-0.4, -0.2) is 86.7 Å². The van der Waals surface area contributed by atoms with Gasteiger partial charge in [0.05, 0.1) is 22.2 Å². The van der Waals surface area contributed by atoms with E-state index >= 15 is 0 Å². The first-order valence-electron chi connectivity index (χ1n) is 19.6. The molecule has 0 bridgehead atoms. The van der Waals surface area contributed by atoms with E-state index in [1.807, 2.05) is 42.5 Å². The molecule has 1 unspecified atom stereocenters. The number of tetrazole rings is 1. The Morgan fingerprint density at radius 3 is 2.52 bits per heavy atom. The molecule has 2 aliphatic heterocycles. The van der Waals surface area contributed by atoms with Crippen LogP contribution in [0.4, 0.5) is 0 Å². The molecule has 2 saturated heterocycles. The highest BCUT2D eigenvalue weighted by Gasteiger charge is 2.28. The lowest BCUT2D eigenvalue weighted by Crippen LogP contribution is -2.44. The van der Waals surface area contributed by atoms with Crippen molar-refractivity contribution in [2.75, 3.05) is 39.3 Å². The second kappa shape index (κ2) is 19.5. The van der Waals surface area contributed by atoms with Crippen molar-refractivity contribution in [1.82, 2.24) is 40.7 Å². The number of nitrogens with zero attached hydrogens (tertiary/aromatic N) is 7. The molecule has 15 heteroatoms. The third kappa shape index (κ3) is 10.4. The maximum atomic E-state index is 11.4. The molecule has 2 N–H and O–H groups in total. The zero-order chi connectivity index (χ0) is 40.4. The number of aromatic amines is 1. The number of ether oxygens (including phenoxy) is 3. The molecule has 0 saturated carbocycles. The predicted molar refractivity (Wildman–Crippen MR) is 221 cm³/mol. The molecular formula is C43H47Cl2N9O4. The number of aromatic nitrogens is 5. The molecule has 4 heterocycles. The van der Waals surface area contributed by atoms with Crippen LogP contribution in [0.15, 0.2) is 67.0 Å². The fourth-order valence-electron chi connectivity index (χ4n) is 7.69. The SMILES string of the molecule is CC(=O)NC1CCN(CCCOc2cccc(-c3cccc(COc4cc(OCc5cncc(C#N)c5)c(CN5CCC(c6nnn[nH]6)C5)cc4Cl)c3C)c2Cl)CC1. The largest absolute Gasteiger partial charge is 0.492 e. The van der Waals surface area contributed by atoms with Gasteiger partial charge in [0.15, 0.2) is 5.82 Å². The zero-order valence-corrected chi connectivity index (χ0v) is 34.2. The van der Waals surface area contributed by atoms with Crippen molar-refractivity contribution >= 4 is 29.1 Å². The number of benzene rings is 3. The molecule has 13 nitrogen and oxygen atoms in total. The van der Waals surface area contributed by atoms with Crippen LogP contribution in [0.5, 0.6) is 17.2 Å². The van der Waals surface area contributed by atoms with Crippen molar-refractivity contribution < 1.29 is 19.0 Å². The number of hydrogen-bond donors (Lipinski definition) is 2. The summed E-state index contributed by atoms with van der Waals surface area (Å²) in [4.78, 5) is 20.3. The molecule has 5 aromatic rings. The molecule has 302 valence electrons. The topological polar surface area (TPSA) is 154 Å². The molecule has 1 amide bonds. The summed E-state index contributed by atoms with van der Waals surface area (Å²) in [6, 6.07) is 19.9. The molecule has 2 fully saturated rings. The van der Waals surface area contributed by atoms with Gasteiger partial charge in [-0.1, -0.05) is 53.5 Å². The molecule has 0 radical (unpaired) electrons. The molecule has 2 aliphatic rings. The maximum Gasteiger partial charge on any atom is 0.217 e. The Morgan fingerprint density at radius 1 is 0.931 bits per heavy atom. The predicted octanol–water partition coefficient (Wildman–Crippen LogP) is 7.27. The zero-order valence-electron chi connectivity index (χ0n) is 32.7. The number of halogens is 2. The van der Waals surface area contributed by atoms with Gasteiger partial charge in [0.2, 0.25) is 5.91 Å². The second-order valence-electron chi connectivity index (χ2n) is 14.9. The number of amides is 1. The van der Waals surface area contributed by atoms with Gasteiger partial charge in [0, 0.05) is 86.8 Å². The summed E-state index contributed by atoms with van der Waals surface area (Å²) in [6.45, 7) is 9.80. The van der Waals surface area contributed by atoms with E-state index in [-0.39, 0.29) is 31.1 Å². The van der Waals surface area contributed by atoms with Crippen molar-refractivity contribution in [3.63, 3.8) is 0 Å².